The van der Waals surface area contributed by atoms with Crippen molar-refractivity contribution in [1.82, 2.24) is 10.2 Å². The van der Waals surface area contributed by atoms with Crippen LogP contribution in [0.5, 0.6) is 11.5 Å². The number of hydrogen-bond donors (Lipinski definition) is 1. The highest BCUT2D eigenvalue weighted by Gasteiger charge is 2.07. The summed E-state index contributed by atoms with van der Waals surface area (Å²) >= 11 is 0. The molecule has 1 atom stereocenters. The van der Waals surface area contributed by atoms with Crippen LogP contribution < -0.4 is 14.8 Å². The molecule has 4 heteroatoms. The predicted molar refractivity (Wildman–Crippen MR) is 83.9 cm³/mol. The van der Waals surface area contributed by atoms with E-state index in [-0.39, 0.29) is 0 Å². The average Bonchev–Trinajstić information content (AvgIpc) is 2.43. The molecule has 0 fully saturated rings. The molecule has 1 aromatic carbocycles. The summed E-state index contributed by atoms with van der Waals surface area (Å²) in [6.07, 6.45) is 2.16. The van der Waals surface area contributed by atoms with E-state index >= 15 is 0 Å². The quantitative estimate of drug-likeness (QED) is 0.703. The highest BCUT2D eigenvalue weighted by atomic mass is 16.5. The van der Waals surface area contributed by atoms with Crippen LogP contribution in [0.25, 0.3) is 0 Å². The Hall–Kier alpha value is -1.26. The molecule has 0 aliphatic rings. The van der Waals surface area contributed by atoms with Crippen LogP contribution in [0.3, 0.4) is 0 Å². The van der Waals surface area contributed by atoms with E-state index in [4.69, 9.17) is 9.47 Å². The molecule has 0 heterocycles. The van der Waals surface area contributed by atoms with E-state index in [2.05, 4.69) is 43.4 Å². The van der Waals surface area contributed by atoms with E-state index in [1.165, 1.54) is 12.0 Å². The van der Waals surface area contributed by atoms with Crippen LogP contribution in [-0.2, 0) is 6.42 Å². The van der Waals surface area contributed by atoms with Gasteiger partial charge in [-0.2, -0.15) is 0 Å². The molecule has 0 spiro atoms. The van der Waals surface area contributed by atoms with Gasteiger partial charge in [0.15, 0.2) is 11.5 Å². The molecule has 0 bridgehead atoms. The van der Waals surface area contributed by atoms with Crippen LogP contribution in [0, 0.1) is 0 Å². The van der Waals surface area contributed by atoms with Crippen molar-refractivity contribution < 1.29 is 9.47 Å². The van der Waals surface area contributed by atoms with Crippen molar-refractivity contribution in [2.24, 2.45) is 0 Å². The first-order chi connectivity index (χ1) is 9.56. The van der Waals surface area contributed by atoms with Gasteiger partial charge in [-0.15, -0.1) is 0 Å². The van der Waals surface area contributed by atoms with Crippen LogP contribution in [-0.4, -0.2) is 52.3 Å². The van der Waals surface area contributed by atoms with Gasteiger partial charge >= 0.3 is 0 Å². The third-order valence-electron chi connectivity index (χ3n) is 3.26. The minimum atomic E-state index is 0.454. The van der Waals surface area contributed by atoms with Crippen molar-refractivity contribution in [3.63, 3.8) is 0 Å². The predicted octanol–water partition coefficient (Wildman–Crippen LogP) is 2.18. The number of nitrogens with zero attached hydrogens (tertiary/aromatic N) is 1. The summed E-state index contributed by atoms with van der Waals surface area (Å²) in [6, 6.07) is 6.57. The molecule has 1 rings (SSSR count). The summed E-state index contributed by atoms with van der Waals surface area (Å²) in [7, 11) is 7.54. The zero-order valence-corrected chi connectivity index (χ0v) is 13.4. The minimum absolute atomic E-state index is 0.454. The standard InChI is InChI=1S/C16H28N2O2/c1-13(17-9-6-10-18(2)3)11-14-7-8-15(19-4)16(12-14)20-5/h7-8,12-13,17H,6,9-11H2,1-5H3. The SMILES string of the molecule is COc1ccc(CC(C)NCCCN(C)C)cc1OC. The fourth-order valence-corrected chi connectivity index (χ4v) is 2.18. The van der Waals surface area contributed by atoms with Crippen LogP contribution in [0.2, 0.25) is 0 Å². The number of ether oxygens (including phenoxy) is 2. The van der Waals surface area contributed by atoms with Crippen LogP contribution in [0.15, 0.2) is 18.2 Å². The number of benzene rings is 1. The molecular weight excluding hydrogens is 252 g/mol. The van der Waals surface area contributed by atoms with Gasteiger partial charge in [-0.1, -0.05) is 6.07 Å². The van der Waals surface area contributed by atoms with Crippen molar-refractivity contribution in [1.29, 1.82) is 0 Å². The van der Waals surface area contributed by atoms with Gasteiger partial charge in [-0.05, 0) is 64.6 Å². The average molecular weight is 280 g/mol. The van der Waals surface area contributed by atoms with E-state index in [1.54, 1.807) is 14.2 Å². The lowest BCUT2D eigenvalue weighted by molar-refractivity contribution is 0.354. The molecule has 20 heavy (non-hydrogen) atoms. The highest BCUT2D eigenvalue weighted by Crippen LogP contribution is 2.27. The van der Waals surface area contributed by atoms with Crippen LogP contribution >= 0.6 is 0 Å². The summed E-state index contributed by atoms with van der Waals surface area (Å²) in [5, 5.41) is 3.55. The highest BCUT2D eigenvalue weighted by molar-refractivity contribution is 5.43. The molecule has 1 unspecified atom stereocenters. The molecule has 0 aliphatic carbocycles. The van der Waals surface area contributed by atoms with E-state index < -0.39 is 0 Å². The maximum absolute atomic E-state index is 5.33. The van der Waals surface area contributed by atoms with E-state index in [0.29, 0.717) is 6.04 Å². The smallest absolute Gasteiger partial charge is 0.160 e. The third-order valence-corrected chi connectivity index (χ3v) is 3.26. The zero-order valence-electron chi connectivity index (χ0n) is 13.4. The topological polar surface area (TPSA) is 33.7 Å². The molecule has 0 aliphatic heterocycles. The minimum Gasteiger partial charge on any atom is -0.493 e. The Morgan fingerprint density at radius 3 is 2.45 bits per heavy atom. The Kier molecular flexibility index (Phi) is 7.41. The molecule has 0 radical (unpaired) electrons. The zero-order chi connectivity index (χ0) is 15.0. The van der Waals surface area contributed by atoms with Crippen molar-refractivity contribution in [2.45, 2.75) is 25.8 Å². The summed E-state index contributed by atoms with van der Waals surface area (Å²) in [5.74, 6) is 1.58. The normalized spacial score (nSPS) is 12.5. The lowest BCUT2D eigenvalue weighted by Crippen LogP contribution is -2.30. The molecule has 4 nitrogen and oxygen atoms in total. The summed E-state index contributed by atoms with van der Waals surface area (Å²) in [5.41, 5.74) is 1.26. The van der Waals surface area contributed by atoms with E-state index in [9.17, 15) is 0 Å². The first-order valence-corrected chi connectivity index (χ1v) is 7.15. The molecule has 114 valence electrons. The van der Waals surface area contributed by atoms with E-state index in [0.717, 1.165) is 31.0 Å². The van der Waals surface area contributed by atoms with Crippen molar-refractivity contribution in [3.05, 3.63) is 23.8 Å². The number of rotatable bonds is 9. The first kappa shape index (κ1) is 16.8. The van der Waals surface area contributed by atoms with Gasteiger partial charge in [0, 0.05) is 6.04 Å². The molecule has 0 amide bonds. The summed E-state index contributed by atoms with van der Waals surface area (Å²) in [6.45, 7) is 4.38. The largest absolute Gasteiger partial charge is 0.493 e. The Balaban J connectivity index is 2.43. The molecule has 1 aromatic rings. The van der Waals surface area contributed by atoms with Crippen molar-refractivity contribution >= 4 is 0 Å². The number of hydrogen-bond acceptors (Lipinski definition) is 4. The van der Waals surface area contributed by atoms with Crippen molar-refractivity contribution in [3.8, 4) is 11.5 Å². The second-order valence-corrected chi connectivity index (χ2v) is 5.41. The van der Waals surface area contributed by atoms with Crippen LogP contribution in [0.1, 0.15) is 18.9 Å². The van der Waals surface area contributed by atoms with Gasteiger partial charge in [0.05, 0.1) is 14.2 Å². The first-order valence-electron chi connectivity index (χ1n) is 7.15. The fraction of sp³-hybridized carbons (Fsp3) is 0.625. The molecule has 0 saturated heterocycles. The van der Waals surface area contributed by atoms with Crippen molar-refractivity contribution in [2.75, 3.05) is 41.4 Å². The molecule has 0 aromatic heterocycles. The molecule has 0 saturated carbocycles. The summed E-state index contributed by atoms with van der Waals surface area (Å²) in [4.78, 5) is 2.21. The Bertz CT molecular complexity index is 394. The Morgan fingerprint density at radius 1 is 1.15 bits per heavy atom. The third kappa shape index (κ3) is 5.80. The van der Waals surface area contributed by atoms with Gasteiger partial charge in [0.2, 0.25) is 0 Å². The second-order valence-electron chi connectivity index (χ2n) is 5.41. The number of nitrogens with one attached hydrogen (secondary N) is 1. The Labute approximate surface area is 123 Å². The Morgan fingerprint density at radius 2 is 1.85 bits per heavy atom. The van der Waals surface area contributed by atoms with Crippen LogP contribution in [0.4, 0.5) is 0 Å². The second kappa shape index (κ2) is 8.82. The van der Waals surface area contributed by atoms with Gasteiger partial charge in [-0.3, -0.25) is 0 Å². The molecule has 1 N–H and O–H groups in total. The fourth-order valence-electron chi connectivity index (χ4n) is 2.18. The maximum Gasteiger partial charge on any atom is 0.160 e. The molecular formula is C16H28N2O2. The monoisotopic (exact) mass is 280 g/mol. The van der Waals surface area contributed by atoms with Gasteiger partial charge in [0.1, 0.15) is 0 Å². The van der Waals surface area contributed by atoms with Gasteiger partial charge < -0.3 is 19.7 Å². The van der Waals surface area contributed by atoms with E-state index in [1.807, 2.05) is 6.07 Å². The van der Waals surface area contributed by atoms with Gasteiger partial charge in [0.25, 0.3) is 0 Å². The van der Waals surface area contributed by atoms with Gasteiger partial charge in [-0.25, -0.2) is 0 Å². The summed E-state index contributed by atoms with van der Waals surface area (Å²) < 4.78 is 10.6. The maximum atomic E-state index is 5.33. The number of methoxy groups -OCH3 is 2. The lowest BCUT2D eigenvalue weighted by atomic mass is 10.1. The lowest BCUT2D eigenvalue weighted by Gasteiger charge is -2.16.